The summed E-state index contributed by atoms with van der Waals surface area (Å²) in [6.07, 6.45) is 0.494. The first-order valence-corrected chi connectivity index (χ1v) is 6.14. The van der Waals surface area contributed by atoms with E-state index in [1.807, 2.05) is 0 Å². The first-order valence-electron chi connectivity index (χ1n) is 5.09. The molecule has 0 bridgehead atoms. The number of carbonyl (C=O) groups excluding carboxylic acids is 2. The third kappa shape index (κ3) is 5.18. The summed E-state index contributed by atoms with van der Waals surface area (Å²) in [6, 6.07) is 0. The van der Waals surface area contributed by atoms with Crippen LogP contribution in [0.1, 0.15) is 19.8 Å². The van der Waals surface area contributed by atoms with Crippen molar-refractivity contribution in [3.05, 3.63) is 0 Å². The Morgan fingerprint density at radius 1 is 1.40 bits per heavy atom. The van der Waals surface area contributed by atoms with Crippen molar-refractivity contribution in [1.82, 2.24) is 0 Å². The topological polar surface area (TPSA) is 52.6 Å². The van der Waals surface area contributed by atoms with Crippen LogP contribution in [0.25, 0.3) is 0 Å². The monoisotopic (exact) mass is 232 g/mol. The molecule has 1 saturated heterocycles. The molecule has 0 aromatic carbocycles. The lowest BCUT2D eigenvalue weighted by Crippen LogP contribution is -2.31. The van der Waals surface area contributed by atoms with Crippen LogP contribution < -0.4 is 0 Å². The van der Waals surface area contributed by atoms with Gasteiger partial charge in [-0.2, -0.15) is 0 Å². The van der Waals surface area contributed by atoms with Gasteiger partial charge in [-0.3, -0.25) is 9.59 Å². The number of Topliss-reactive ketones (excluding diaryl/α,β-unsaturated/α-hetero) is 1. The molecule has 1 aliphatic heterocycles. The van der Waals surface area contributed by atoms with E-state index in [1.165, 1.54) is 0 Å². The fraction of sp³-hybridized carbons (Fsp3) is 0.800. The lowest BCUT2D eigenvalue weighted by molar-refractivity contribution is -0.144. The molecule has 0 saturated carbocycles. The predicted molar refractivity (Wildman–Crippen MR) is 57.9 cm³/mol. The number of thioether (sulfide) groups is 1. The van der Waals surface area contributed by atoms with E-state index < -0.39 is 0 Å². The zero-order chi connectivity index (χ0) is 11.1. The average Bonchev–Trinajstić information content (AvgIpc) is 2.13. The summed E-state index contributed by atoms with van der Waals surface area (Å²) in [5.74, 6) is 0.302. The molecule has 0 atom stereocenters. The smallest absolute Gasteiger partial charge is 0.306 e. The lowest BCUT2D eigenvalue weighted by Gasteiger charge is -2.24. The number of hydrogen-bond donors (Lipinski definition) is 0. The van der Waals surface area contributed by atoms with Gasteiger partial charge >= 0.3 is 5.97 Å². The lowest BCUT2D eigenvalue weighted by atomic mass is 10.2. The Kier molecular flexibility index (Phi) is 5.71. The summed E-state index contributed by atoms with van der Waals surface area (Å²) in [4.78, 5) is 22.3. The van der Waals surface area contributed by atoms with Gasteiger partial charge in [0.2, 0.25) is 0 Å². The Hall–Kier alpha value is -0.550. The number of esters is 1. The van der Waals surface area contributed by atoms with Gasteiger partial charge in [0, 0.05) is 6.42 Å². The van der Waals surface area contributed by atoms with Crippen LogP contribution in [0.5, 0.6) is 0 Å². The zero-order valence-electron chi connectivity index (χ0n) is 8.86. The standard InChI is InChI=1S/C10H16O4S/c1-2-14-10(12)4-3-8(11)7-15-9-5-13-6-9/h9H,2-7H2,1H3. The quantitative estimate of drug-likeness (QED) is 0.614. The molecule has 0 amide bonds. The highest BCUT2D eigenvalue weighted by atomic mass is 32.2. The molecular weight excluding hydrogens is 216 g/mol. The highest BCUT2D eigenvalue weighted by Gasteiger charge is 2.19. The second-order valence-corrected chi connectivity index (χ2v) is 4.60. The van der Waals surface area contributed by atoms with Crippen molar-refractivity contribution >= 4 is 23.5 Å². The second-order valence-electron chi connectivity index (χ2n) is 3.31. The number of ether oxygens (including phenoxy) is 2. The molecular formula is C10H16O4S. The predicted octanol–water partition coefficient (Wildman–Crippen LogP) is 1.03. The molecule has 1 aliphatic rings. The van der Waals surface area contributed by atoms with Crippen LogP contribution in [0, 0.1) is 0 Å². The van der Waals surface area contributed by atoms with E-state index in [0.29, 0.717) is 24.0 Å². The van der Waals surface area contributed by atoms with E-state index in [4.69, 9.17) is 9.47 Å². The minimum atomic E-state index is -0.289. The second kappa shape index (κ2) is 6.85. The van der Waals surface area contributed by atoms with E-state index in [1.54, 1.807) is 18.7 Å². The summed E-state index contributed by atoms with van der Waals surface area (Å²) in [5.41, 5.74) is 0. The number of ketones is 1. The van der Waals surface area contributed by atoms with Gasteiger partial charge in [0.25, 0.3) is 0 Å². The van der Waals surface area contributed by atoms with Gasteiger partial charge in [0.15, 0.2) is 0 Å². The van der Waals surface area contributed by atoms with E-state index >= 15 is 0 Å². The number of carbonyl (C=O) groups is 2. The SMILES string of the molecule is CCOC(=O)CCC(=O)CSC1COC1. The molecule has 0 aliphatic carbocycles. The average molecular weight is 232 g/mol. The maximum atomic E-state index is 11.3. The Balaban J connectivity index is 1.99. The van der Waals surface area contributed by atoms with Gasteiger partial charge in [0.1, 0.15) is 5.78 Å². The van der Waals surface area contributed by atoms with Crippen LogP contribution in [-0.2, 0) is 19.1 Å². The highest BCUT2D eigenvalue weighted by molar-refractivity contribution is 8.00. The fourth-order valence-corrected chi connectivity index (χ4v) is 2.02. The Bertz CT molecular complexity index is 225. The molecule has 86 valence electrons. The minimum absolute atomic E-state index is 0.111. The molecule has 0 N–H and O–H groups in total. The van der Waals surface area contributed by atoms with Crippen molar-refractivity contribution in [2.45, 2.75) is 25.0 Å². The Morgan fingerprint density at radius 2 is 2.13 bits per heavy atom. The summed E-state index contributed by atoms with van der Waals surface area (Å²) in [5, 5.41) is 0.469. The van der Waals surface area contributed by atoms with Gasteiger partial charge < -0.3 is 9.47 Å². The van der Waals surface area contributed by atoms with Gasteiger partial charge in [0.05, 0.1) is 37.2 Å². The molecule has 0 radical (unpaired) electrons. The highest BCUT2D eigenvalue weighted by Crippen LogP contribution is 2.19. The Morgan fingerprint density at radius 3 is 2.67 bits per heavy atom. The minimum Gasteiger partial charge on any atom is -0.466 e. The van der Waals surface area contributed by atoms with Crippen molar-refractivity contribution in [2.75, 3.05) is 25.6 Å². The molecule has 1 heterocycles. The van der Waals surface area contributed by atoms with Crippen molar-refractivity contribution in [3.8, 4) is 0 Å². The molecule has 4 nitrogen and oxygen atoms in total. The van der Waals surface area contributed by atoms with E-state index in [-0.39, 0.29) is 18.2 Å². The van der Waals surface area contributed by atoms with Gasteiger partial charge in [-0.25, -0.2) is 0 Å². The normalized spacial score (nSPS) is 15.8. The summed E-state index contributed by atoms with van der Waals surface area (Å²) in [7, 11) is 0. The summed E-state index contributed by atoms with van der Waals surface area (Å²) < 4.78 is 9.72. The molecule has 0 spiro atoms. The summed E-state index contributed by atoms with van der Waals surface area (Å²) in [6.45, 7) is 3.62. The van der Waals surface area contributed by atoms with Crippen LogP contribution in [0.4, 0.5) is 0 Å². The molecule has 1 rings (SSSR count). The molecule has 5 heteroatoms. The maximum Gasteiger partial charge on any atom is 0.306 e. The first-order chi connectivity index (χ1) is 7.22. The molecule has 0 aromatic heterocycles. The van der Waals surface area contributed by atoms with Crippen LogP contribution >= 0.6 is 11.8 Å². The largest absolute Gasteiger partial charge is 0.466 e. The van der Waals surface area contributed by atoms with Crippen molar-refractivity contribution < 1.29 is 19.1 Å². The fourth-order valence-electron chi connectivity index (χ4n) is 1.07. The van der Waals surface area contributed by atoms with Gasteiger partial charge in [-0.15, -0.1) is 11.8 Å². The van der Waals surface area contributed by atoms with Crippen LogP contribution in [-0.4, -0.2) is 42.6 Å². The van der Waals surface area contributed by atoms with Crippen molar-refractivity contribution in [2.24, 2.45) is 0 Å². The van der Waals surface area contributed by atoms with Crippen LogP contribution in [0.2, 0.25) is 0 Å². The van der Waals surface area contributed by atoms with Crippen molar-refractivity contribution in [3.63, 3.8) is 0 Å². The van der Waals surface area contributed by atoms with Gasteiger partial charge in [-0.05, 0) is 6.92 Å². The Labute approximate surface area is 93.7 Å². The van der Waals surface area contributed by atoms with E-state index in [2.05, 4.69) is 0 Å². The zero-order valence-corrected chi connectivity index (χ0v) is 9.68. The number of rotatable bonds is 7. The van der Waals surface area contributed by atoms with Crippen molar-refractivity contribution in [1.29, 1.82) is 0 Å². The van der Waals surface area contributed by atoms with Gasteiger partial charge in [-0.1, -0.05) is 0 Å². The molecule has 0 aromatic rings. The molecule has 0 unspecified atom stereocenters. The first kappa shape index (κ1) is 12.5. The third-order valence-corrected chi connectivity index (χ3v) is 3.23. The summed E-state index contributed by atoms with van der Waals surface area (Å²) >= 11 is 1.61. The van der Waals surface area contributed by atoms with Crippen LogP contribution in [0.3, 0.4) is 0 Å². The van der Waals surface area contributed by atoms with Crippen LogP contribution in [0.15, 0.2) is 0 Å². The van der Waals surface area contributed by atoms with E-state index in [0.717, 1.165) is 13.2 Å². The third-order valence-electron chi connectivity index (χ3n) is 2.00. The van der Waals surface area contributed by atoms with E-state index in [9.17, 15) is 9.59 Å². The molecule has 1 fully saturated rings. The number of hydrogen-bond acceptors (Lipinski definition) is 5. The molecule has 15 heavy (non-hydrogen) atoms. The maximum absolute atomic E-state index is 11.3.